The molecule has 0 atom stereocenters. The maximum atomic E-state index is 6.05. The van der Waals surface area contributed by atoms with Crippen molar-refractivity contribution < 1.29 is 0 Å². The van der Waals surface area contributed by atoms with Crippen molar-refractivity contribution >= 4 is 22.9 Å². The van der Waals surface area contributed by atoms with Gasteiger partial charge in [-0.2, -0.15) is 0 Å². The first kappa shape index (κ1) is 14.5. The maximum Gasteiger partial charge on any atom is 0.123 e. The van der Waals surface area contributed by atoms with Crippen molar-refractivity contribution in [1.29, 1.82) is 0 Å². The minimum atomic E-state index is 0.616. The Labute approximate surface area is 123 Å². The Morgan fingerprint density at radius 1 is 1.37 bits per heavy atom. The van der Waals surface area contributed by atoms with Gasteiger partial charge >= 0.3 is 0 Å². The normalized spacial score (nSPS) is 11.2. The number of benzene rings is 1. The van der Waals surface area contributed by atoms with Crippen LogP contribution in [0.5, 0.6) is 0 Å². The maximum absolute atomic E-state index is 6.05. The van der Waals surface area contributed by atoms with Crippen molar-refractivity contribution in [3.63, 3.8) is 0 Å². The molecule has 0 saturated carbocycles. The highest BCUT2D eigenvalue weighted by Crippen LogP contribution is 2.30. The third kappa shape index (κ3) is 3.78. The van der Waals surface area contributed by atoms with E-state index < -0.39 is 0 Å². The standard InChI is InChI=1S/C15H19ClN2S/c1-10(2)7-13-14(9-17-3)19-15(18-13)11-5-4-6-12(16)8-11/h4-6,8,10,17H,7,9H2,1-3H3. The van der Waals surface area contributed by atoms with Crippen LogP contribution in [0.2, 0.25) is 5.02 Å². The third-order valence-electron chi connectivity index (χ3n) is 2.79. The van der Waals surface area contributed by atoms with Gasteiger partial charge in [0.25, 0.3) is 0 Å². The van der Waals surface area contributed by atoms with Crippen LogP contribution in [-0.4, -0.2) is 12.0 Å². The first-order valence-electron chi connectivity index (χ1n) is 6.49. The van der Waals surface area contributed by atoms with Gasteiger partial charge in [-0.05, 0) is 31.5 Å². The fourth-order valence-electron chi connectivity index (χ4n) is 1.97. The zero-order valence-electron chi connectivity index (χ0n) is 11.5. The van der Waals surface area contributed by atoms with Crippen molar-refractivity contribution in [3.05, 3.63) is 39.9 Å². The first-order valence-corrected chi connectivity index (χ1v) is 7.68. The summed E-state index contributed by atoms with van der Waals surface area (Å²) in [5.74, 6) is 0.616. The molecular weight excluding hydrogens is 276 g/mol. The van der Waals surface area contributed by atoms with Crippen molar-refractivity contribution in [2.24, 2.45) is 5.92 Å². The molecule has 0 saturated heterocycles. The molecule has 1 N–H and O–H groups in total. The third-order valence-corrected chi connectivity index (χ3v) is 4.17. The molecule has 0 aliphatic rings. The summed E-state index contributed by atoms with van der Waals surface area (Å²) in [4.78, 5) is 6.13. The van der Waals surface area contributed by atoms with E-state index in [0.717, 1.165) is 28.6 Å². The van der Waals surface area contributed by atoms with Gasteiger partial charge in [0.15, 0.2) is 0 Å². The zero-order chi connectivity index (χ0) is 13.8. The average molecular weight is 295 g/mol. The minimum Gasteiger partial charge on any atom is -0.315 e. The molecule has 0 bridgehead atoms. The second kappa shape index (κ2) is 6.51. The molecule has 0 unspecified atom stereocenters. The van der Waals surface area contributed by atoms with Gasteiger partial charge in [0.05, 0.1) is 5.69 Å². The van der Waals surface area contributed by atoms with Crippen molar-refractivity contribution in [2.75, 3.05) is 7.05 Å². The lowest BCUT2D eigenvalue weighted by atomic mass is 10.1. The second-order valence-electron chi connectivity index (χ2n) is 5.03. The average Bonchev–Trinajstić information content (AvgIpc) is 2.72. The van der Waals surface area contributed by atoms with Crippen LogP contribution in [0.15, 0.2) is 24.3 Å². The van der Waals surface area contributed by atoms with Gasteiger partial charge in [0, 0.05) is 22.0 Å². The first-order chi connectivity index (χ1) is 9.10. The summed E-state index contributed by atoms with van der Waals surface area (Å²) < 4.78 is 0. The number of hydrogen-bond acceptors (Lipinski definition) is 3. The van der Waals surface area contributed by atoms with Crippen molar-refractivity contribution in [1.82, 2.24) is 10.3 Å². The Kier molecular flexibility index (Phi) is 4.97. The molecular formula is C15H19ClN2S. The lowest BCUT2D eigenvalue weighted by molar-refractivity contribution is 0.631. The fraction of sp³-hybridized carbons (Fsp3) is 0.400. The van der Waals surface area contributed by atoms with E-state index in [4.69, 9.17) is 16.6 Å². The summed E-state index contributed by atoms with van der Waals surface area (Å²) in [5.41, 5.74) is 2.31. The van der Waals surface area contributed by atoms with E-state index in [-0.39, 0.29) is 0 Å². The molecule has 1 heterocycles. The molecule has 2 nitrogen and oxygen atoms in total. The lowest BCUT2D eigenvalue weighted by Gasteiger charge is -2.03. The number of halogens is 1. The SMILES string of the molecule is CNCc1sc(-c2cccc(Cl)c2)nc1CC(C)C. The Bertz CT molecular complexity index is 549. The Hall–Kier alpha value is -0.900. The highest BCUT2D eigenvalue weighted by molar-refractivity contribution is 7.15. The molecule has 2 rings (SSSR count). The van der Waals surface area contributed by atoms with Gasteiger partial charge in [-0.3, -0.25) is 0 Å². The van der Waals surface area contributed by atoms with Crippen LogP contribution in [0.4, 0.5) is 0 Å². The lowest BCUT2D eigenvalue weighted by Crippen LogP contribution is -2.07. The monoisotopic (exact) mass is 294 g/mol. The highest BCUT2D eigenvalue weighted by Gasteiger charge is 2.13. The van der Waals surface area contributed by atoms with E-state index in [1.807, 2.05) is 25.2 Å². The van der Waals surface area contributed by atoms with E-state index in [0.29, 0.717) is 5.92 Å². The predicted molar refractivity (Wildman–Crippen MR) is 83.9 cm³/mol. The molecule has 0 fully saturated rings. The van der Waals surface area contributed by atoms with E-state index in [1.165, 1.54) is 10.6 Å². The van der Waals surface area contributed by atoms with Gasteiger partial charge in [-0.1, -0.05) is 37.6 Å². The van der Waals surface area contributed by atoms with Crippen LogP contribution in [0, 0.1) is 5.92 Å². The van der Waals surface area contributed by atoms with Crippen molar-refractivity contribution in [3.8, 4) is 10.6 Å². The highest BCUT2D eigenvalue weighted by atomic mass is 35.5. The molecule has 0 aliphatic heterocycles. The number of nitrogens with one attached hydrogen (secondary N) is 1. The summed E-state index contributed by atoms with van der Waals surface area (Å²) >= 11 is 7.81. The molecule has 0 radical (unpaired) electrons. The van der Waals surface area contributed by atoms with Crippen LogP contribution in [0.25, 0.3) is 10.6 Å². The molecule has 102 valence electrons. The van der Waals surface area contributed by atoms with Crippen molar-refractivity contribution in [2.45, 2.75) is 26.8 Å². The molecule has 19 heavy (non-hydrogen) atoms. The Morgan fingerprint density at radius 3 is 2.79 bits per heavy atom. The van der Waals surface area contributed by atoms with Crippen LogP contribution < -0.4 is 5.32 Å². The smallest absolute Gasteiger partial charge is 0.123 e. The number of thiazole rings is 1. The van der Waals surface area contributed by atoms with Gasteiger partial charge in [-0.15, -0.1) is 11.3 Å². The largest absolute Gasteiger partial charge is 0.315 e. The van der Waals surface area contributed by atoms with Crippen LogP contribution in [0.3, 0.4) is 0 Å². The molecule has 0 aliphatic carbocycles. The van der Waals surface area contributed by atoms with Crippen LogP contribution in [-0.2, 0) is 13.0 Å². The molecule has 1 aromatic heterocycles. The summed E-state index contributed by atoms with van der Waals surface area (Å²) in [6.45, 7) is 5.32. The van der Waals surface area contributed by atoms with Crippen LogP contribution in [0.1, 0.15) is 24.4 Å². The minimum absolute atomic E-state index is 0.616. The van der Waals surface area contributed by atoms with Gasteiger partial charge < -0.3 is 5.32 Å². The van der Waals surface area contributed by atoms with Gasteiger partial charge in [-0.25, -0.2) is 4.98 Å². The second-order valence-corrected chi connectivity index (χ2v) is 6.55. The van der Waals surface area contributed by atoms with Gasteiger partial charge in [0.2, 0.25) is 0 Å². The number of rotatable bonds is 5. The molecule has 0 amide bonds. The predicted octanol–water partition coefficient (Wildman–Crippen LogP) is 4.38. The summed E-state index contributed by atoms with van der Waals surface area (Å²) in [5, 5.41) is 5.03. The number of hydrogen-bond donors (Lipinski definition) is 1. The molecule has 2 aromatic rings. The summed E-state index contributed by atoms with van der Waals surface area (Å²) in [7, 11) is 1.97. The molecule has 0 spiro atoms. The number of nitrogens with zero attached hydrogens (tertiary/aromatic N) is 1. The van der Waals surface area contributed by atoms with E-state index in [1.54, 1.807) is 11.3 Å². The Balaban J connectivity index is 2.36. The molecule has 1 aromatic carbocycles. The zero-order valence-corrected chi connectivity index (χ0v) is 13.1. The van der Waals surface area contributed by atoms with Crippen LogP contribution >= 0.6 is 22.9 Å². The number of aromatic nitrogens is 1. The summed E-state index contributed by atoms with van der Waals surface area (Å²) in [6.07, 6.45) is 1.02. The topological polar surface area (TPSA) is 24.9 Å². The van der Waals surface area contributed by atoms with E-state index in [2.05, 4.69) is 25.2 Å². The van der Waals surface area contributed by atoms with Gasteiger partial charge in [0.1, 0.15) is 5.01 Å². The fourth-order valence-corrected chi connectivity index (χ4v) is 3.26. The molecule has 4 heteroatoms. The quantitative estimate of drug-likeness (QED) is 0.885. The summed E-state index contributed by atoms with van der Waals surface area (Å²) in [6, 6.07) is 7.90. The Morgan fingerprint density at radius 2 is 2.16 bits per heavy atom. The van der Waals surface area contributed by atoms with E-state index in [9.17, 15) is 0 Å². The van der Waals surface area contributed by atoms with E-state index >= 15 is 0 Å².